The molecule has 0 aliphatic heterocycles. The molecule has 0 saturated heterocycles. The van der Waals surface area contributed by atoms with Gasteiger partial charge in [-0.25, -0.2) is 0 Å². The maximum Gasteiger partial charge on any atom is 0.282 e. The molecular formula is C13H16N2O4. The second-order valence-electron chi connectivity index (χ2n) is 4.94. The number of aromatic hydroxyl groups is 1. The first-order valence-electron chi connectivity index (χ1n) is 6.22. The van der Waals surface area contributed by atoms with E-state index < -0.39 is 10.8 Å². The van der Waals surface area contributed by atoms with E-state index in [4.69, 9.17) is 0 Å². The number of nitro benzene ring substituents is 1. The van der Waals surface area contributed by atoms with Crippen LogP contribution in [-0.2, 0) is 0 Å². The summed E-state index contributed by atoms with van der Waals surface area (Å²) < 4.78 is 0. The second kappa shape index (κ2) is 5.26. The quantitative estimate of drug-likeness (QED) is 0.667. The van der Waals surface area contributed by atoms with E-state index in [-0.39, 0.29) is 17.0 Å². The van der Waals surface area contributed by atoms with E-state index in [0.717, 1.165) is 25.0 Å². The molecule has 0 atom stereocenters. The van der Waals surface area contributed by atoms with Crippen LogP contribution in [0.1, 0.15) is 29.6 Å². The highest BCUT2D eigenvalue weighted by molar-refractivity contribution is 5.98. The molecule has 0 radical (unpaired) electrons. The van der Waals surface area contributed by atoms with Gasteiger partial charge in [0.1, 0.15) is 11.3 Å². The average molecular weight is 264 g/mol. The van der Waals surface area contributed by atoms with Gasteiger partial charge in [0.15, 0.2) is 0 Å². The summed E-state index contributed by atoms with van der Waals surface area (Å²) in [6.45, 7) is 0.603. The van der Waals surface area contributed by atoms with E-state index in [1.54, 1.807) is 7.05 Å². The molecule has 102 valence electrons. The molecule has 0 aromatic heterocycles. The Kier molecular flexibility index (Phi) is 3.69. The van der Waals surface area contributed by atoms with Gasteiger partial charge in [0, 0.05) is 19.7 Å². The molecule has 1 aliphatic rings. The van der Waals surface area contributed by atoms with Gasteiger partial charge in [0.2, 0.25) is 0 Å². The van der Waals surface area contributed by atoms with Crippen molar-refractivity contribution in [3.05, 3.63) is 33.9 Å². The number of benzene rings is 1. The van der Waals surface area contributed by atoms with E-state index in [0.29, 0.717) is 12.5 Å². The van der Waals surface area contributed by atoms with Crippen LogP contribution < -0.4 is 0 Å². The highest BCUT2D eigenvalue weighted by atomic mass is 16.6. The first-order valence-corrected chi connectivity index (χ1v) is 6.22. The lowest BCUT2D eigenvalue weighted by atomic mass is 9.85. The van der Waals surface area contributed by atoms with Gasteiger partial charge in [-0.05, 0) is 30.9 Å². The van der Waals surface area contributed by atoms with Gasteiger partial charge in [-0.15, -0.1) is 0 Å². The Bertz CT molecular complexity index is 511. The molecule has 1 aromatic rings. The van der Waals surface area contributed by atoms with Crippen molar-refractivity contribution in [3.8, 4) is 5.75 Å². The molecule has 1 aliphatic carbocycles. The average Bonchev–Trinajstić information content (AvgIpc) is 2.32. The lowest BCUT2D eigenvalue weighted by Gasteiger charge is -2.30. The Morgan fingerprint density at radius 3 is 2.74 bits per heavy atom. The molecule has 1 saturated carbocycles. The maximum absolute atomic E-state index is 12.2. The largest absolute Gasteiger partial charge is 0.508 e. The predicted molar refractivity (Wildman–Crippen MR) is 69.1 cm³/mol. The monoisotopic (exact) mass is 264 g/mol. The number of nitro groups is 1. The number of phenolic OH excluding ortho intramolecular Hbond substituents is 1. The van der Waals surface area contributed by atoms with E-state index >= 15 is 0 Å². The molecule has 1 N–H and O–H groups in total. The van der Waals surface area contributed by atoms with Crippen molar-refractivity contribution in [1.29, 1.82) is 0 Å². The van der Waals surface area contributed by atoms with Gasteiger partial charge in [0.05, 0.1) is 4.92 Å². The Morgan fingerprint density at radius 2 is 2.21 bits per heavy atom. The lowest BCUT2D eigenvalue weighted by Crippen LogP contribution is -2.34. The topological polar surface area (TPSA) is 83.7 Å². The van der Waals surface area contributed by atoms with Gasteiger partial charge in [0.25, 0.3) is 11.6 Å². The Labute approximate surface area is 110 Å². The van der Waals surface area contributed by atoms with Crippen LogP contribution in [0.4, 0.5) is 5.69 Å². The molecule has 2 rings (SSSR count). The fraction of sp³-hybridized carbons (Fsp3) is 0.462. The van der Waals surface area contributed by atoms with Crippen LogP contribution in [0.2, 0.25) is 0 Å². The third kappa shape index (κ3) is 2.83. The van der Waals surface area contributed by atoms with Crippen LogP contribution in [-0.4, -0.2) is 34.4 Å². The number of carbonyl (C=O) groups excluding carboxylic acids is 1. The van der Waals surface area contributed by atoms with Crippen LogP contribution >= 0.6 is 0 Å². The van der Waals surface area contributed by atoms with Gasteiger partial charge in [-0.3, -0.25) is 14.9 Å². The Balaban J connectivity index is 2.21. The summed E-state index contributed by atoms with van der Waals surface area (Å²) in [5.74, 6) is -0.0780. The molecule has 1 aromatic carbocycles. The maximum atomic E-state index is 12.2. The minimum atomic E-state index is -0.607. The number of phenols is 1. The number of hydrogen-bond acceptors (Lipinski definition) is 4. The molecule has 1 amide bonds. The number of rotatable bonds is 4. The van der Waals surface area contributed by atoms with Crippen molar-refractivity contribution in [2.24, 2.45) is 5.92 Å². The Morgan fingerprint density at radius 1 is 1.53 bits per heavy atom. The molecule has 19 heavy (non-hydrogen) atoms. The number of hydrogen-bond donors (Lipinski definition) is 1. The first kappa shape index (κ1) is 13.3. The predicted octanol–water partition coefficient (Wildman–Crippen LogP) is 2.17. The number of nitrogens with zero attached hydrogens (tertiary/aromatic N) is 2. The van der Waals surface area contributed by atoms with E-state index in [1.807, 2.05) is 0 Å². The highest BCUT2D eigenvalue weighted by Gasteiger charge is 2.26. The summed E-state index contributed by atoms with van der Waals surface area (Å²) in [6.07, 6.45) is 3.37. The highest BCUT2D eigenvalue weighted by Crippen LogP contribution is 2.29. The summed E-state index contributed by atoms with van der Waals surface area (Å²) in [5.41, 5.74) is -0.338. The lowest BCUT2D eigenvalue weighted by molar-refractivity contribution is -0.385. The number of amides is 1. The molecule has 0 unspecified atom stereocenters. The van der Waals surface area contributed by atoms with Crippen molar-refractivity contribution < 1.29 is 14.8 Å². The fourth-order valence-electron chi connectivity index (χ4n) is 2.21. The van der Waals surface area contributed by atoms with Crippen molar-refractivity contribution in [1.82, 2.24) is 4.90 Å². The smallest absolute Gasteiger partial charge is 0.282 e. The second-order valence-corrected chi connectivity index (χ2v) is 4.94. The minimum absolute atomic E-state index is 0.0631. The zero-order valence-electron chi connectivity index (χ0n) is 10.7. The third-order valence-corrected chi connectivity index (χ3v) is 3.51. The summed E-state index contributed by atoms with van der Waals surface area (Å²) in [7, 11) is 1.63. The minimum Gasteiger partial charge on any atom is -0.508 e. The van der Waals surface area contributed by atoms with E-state index in [2.05, 4.69) is 0 Å². The summed E-state index contributed by atoms with van der Waals surface area (Å²) >= 11 is 0. The van der Waals surface area contributed by atoms with Crippen LogP contribution in [0.5, 0.6) is 5.75 Å². The molecule has 6 nitrogen and oxygen atoms in total. The van der Waals surface area contributed by atoms with Crippen molar-refractivity contribution >= 4 is 11.6 Å². The van der Waals surface area contributed by atoms with Crippen molar-refractivity contribution in [2.45, 2.75) is 19.3 Å². The van der Waals surface area contributed by atoms with E-state index in [1.165, 1.54) is 17.4 Å². The van der Waals surface area contributed by atoms with Crippen LogP contribution in [0.25, 0.3) is 0 Å². The van der Waals surface area contributed by atoms with Gasteiger partial charge in [-0.2, -0.15) is 0 Å². The zero-order valence-corrected chi connectivity index (χ0v) is 10.7. The van der Waals surface area contributed by atoms with Crippen molar-refractivity contribution in [3.63, 3.8) is 0 Å². The van der Waals surface area contributed by atoms with Gasteiger partial charge in [-0.1, -0.05) is 6.42 Å². The van der Waals surface area contributed by atoms with Gasteiger partial charge >= 0.3 is 0 Å². The third-order valence-electron chi connectivity index (χ3n) is 3.51. The normalized spacial score (nSPS) is 14.8. The molecule has 0 bridgehead atoms. The molecule has 0 spiro atoms. The molecule has 1 fully saturated rings. The summed E-state index contributed by atoms with van der Waals surface area (Å²) in [6, 6.07) is 3.51. The molecule has 6 heteroatoms. The molecular weight excluding hydrogens is 248 g/mol. The summed E-state index contributed by atoms with van der Waals surface area (Å²) in [4.78, 5) is 24.0. The first-order chi connectivity index (χ1) is 8.99. The fourth-order valence-corrected chi connectivity index (χ4v) is 2.21. The standard InChI is InChI=1S/C13H16N2O4/c1-14(8-9-3-2-4-9)13(17)11-7-10(16)5-6-12(11)15(18)19/h5-7,9,16H,2-4,8H2,1H3. The number of carbonyl (C=O) groups is 1. The van der Waals surface area contributed by atoms with Gasteiger partial charge < -0.3 is 10.0 Å². The SMILES string of the molecule is CN(CC1CCC1)C(=O)c1cc(O)ccc1[N+](=O)[O-]. The van der Waals surface area contributed by atoms with Crippen molar-refractivity contribution in [2.75, 3.05) is 13.6 Å². The summed E-state index contributed by atoms with van der Waals surface area (Å²) in [5, 5.41) is 20.3. The van der Waals surface area contributed by atoms with Crippen LogP contribution in [0, 0.1) is 16.0 Å². The van der Waals surface area contributed by atoms with Crippen LogP contribution in [0.15, 0.2) is 18.2 Å². The van der Waals surface area contributed by atoms with Crippen LogP contribution in [0.3, 0.4) is 0 Å². The Hall–Kier alpha value is -2.11. The molecule has 0 heterocycles. The van der Waals surface area contributed by atoms with E-state index in [9.17, 15) is 20.0 Å². The zero-order chi connectivity index (χ0) is 14.0.